The zero-order valence-electron chi connectivity index (χ0n) is 16.5. The van der Waals surface area contributed by atoms with Crippen molar-refractivity contribution in [3.63, 3.8) is 0 Å². The summed E-state index contributed by atoms with van der Waals surface area (Å²) in [7, 11) is 1.62. The lowest BCUT2D eigenvalue weighted by Crippen LogP contribution is -2.40. The molecule has 2 aromatic rings. The summed E-state index contributed by atoms with van der Waals surface area (Å²) >= 11 is 0. The highest BCUT2D eigenvalue weighted by atomic mass is 16.6. The number of nitrogens with one attached hydrogen (secondary N) is 1. The molecule has 0 aliphatic carbocycles. The first-order valence-electron chi connectivity index (χ1n) is 9.34. The number of ether oxygens (including phenoxy) is 2. The maximum absolute atomic E-state index is 11.9. The topological polar surface area (TPSA) is 76.6 Å². The lowest BCUT2D eigenvalue weighted by atomic mass is 10.1. The molecule has 7 nitrogen and oxygen atoms in total. The second kappa shape index (κ2) is 8.08. The van der Waals surface area contributed by atoms with Gasteiger partial charge in [-0.15, -0.1) is 0 Å². The number of fused-ring (bicyclic) bond motifs is 1. The molecule has 1 N–H and O–H groups in total. The molecule has 146 valence electrons. The van der Waals surface area contributed by atoms with E-state index >= 15 is 0 Å². The molecule has 1 aliphatic rings. The van der Waals surface area contributed by atoms with Gasteiger partial charge in [-0.05, 0) is 51.3 Å². The predicted octanol–water partition coefficient (Wildman–Crippen LogP) is 2.78. The van der Waals surface area contributed by atoms with Crippen molar-refractivity contribution in [1.29, 1.82) is 0 Å². The quantitative estimate of drug-likeness (QED) is 0.870. The molecule has 1 unspecified atom stereocenters. The largest absolute Gasteiger partial charge is 0.481 e. The Labute approximate surface area is 160 Å². The number of pyridine rings is 2. The minimum absolute atomic E-state index is 0.132. The second-order valence-electron chi connectivity index (χ2n) is 7.87. The van der Waals surface area contributed by atoms with Gasteiger partial charge in [0.25, 0.3) is 0 Å². The molecule has 3 heterocycles. The van der Waals surface area contributed by atoms with Crippen LogP contribution < -0.4 is 10.1 Å². The molecule has 27 heavy (non-hydrogen) atoms. The maximum atomic E-state index is 11.9. The lowest BCUT2D eigenvalue weighted by molar-refractivity contribution is 0.0506. The number of likely N-dealkylation sites (tertiary alicyclic amines) is 1. The summed E-state index contributed by atoms with van der Waals surface area (Å²) < 4.78 is 10.6. The average Bonchev–Trinajstić information content (AvgIpc) is 3.05. The number of alkyl carbamates (subject to hydrolysis) is 1. The fourth-order valence-corrected chi connectivity index (χ4v) is 3.28. The van der Waals surface area contributed by atoms with Gasteiger partial charge >= 0.3 is 6.09 Å². The Morgan fingerprint density at radius 2 is 2.15 bits per heavy atom. The number of rotatable bonds is 5. The second-order valence-corrected chi connectivity index (χ2v) is 7.87. The number of carbonyl (C=O) groups is 1. The molecule has 1 fully saturated rings. The summed E-state index contributed by atoms with van der Waals surface area (Å²) in [4.78, 5) is 23.2. The highest BCUT2D eigenvalue weighted by Gasteiger charge is 2.26. The third kappa shape index (κ3) is 5.29. The van der Waals surface area contributed by atoms with Gasteiger partial charge in [-0.3, -0.25) is 4.98 Å². The molecule has 0 saturated carbocycles. The Kier molecular flexibility index (Phi) is 5.79. The number of methoxy groups -OCH3 is 1. The van der Waals surface area contributed by atoms with Crippen LogP contribution in [0.5, 0.6) is 5.88 Å². The summed E-state index contributed by atoms with van der Waals surface area (Å²) in [5.74, 6) is 0.597. The van der Waals surface area contributed by atoms with Gasteiger partial charge in [0.05, 0.1) is 18.1 Å². The molecular weight excluding hydrogens is 344 g/mol. The number of amides is 1. The Bertz CT molecular complexity index is 803. The van der Waals surface area contributed by atoms with E-state index in [4.69, 9.17) is 9.47 Å². The normalized spacial score (nSPS) is 17.9. The highest BCUT2D eigenvalue weighted by molar-refractivity contribution is 5.78. The van der Waals surface area contributed by atoms with E-state index in [1.807, 2.05) is 45.2 Å². The molecule has 0 bridgehead atoms. The van der Waals surface area contributed by atoms with Crippen LogP contribution in [0.1, 0.15) is 32.8 Å². The zero-order chi connectivity index (χ0) is 19.4. The van der Waals surface area contributed by atoms with Crippen molar-refractivity contribution in [2.24, 2.45) is 0 Å². The Morgan fingerprint density at radius 1 is 1.33 bits per heavy atom. The van der Waals surface area contributed by atoms with Gasteiger partial charge in [0.15, 0.2) is 0 Å². The molecule has 0 aromatic carbocycles. The van der Waals surface area contributed by atoms with E-state index in [1.165, 1.54) is 0 Å². The van der Waals surface area contributed by atoms with Gasteiger partial charge in [-0.2, -0.15) is 0 Å². The average molecular weight is 372 g/mol. The van der Waals surface area contributed by atoms with Crippen LogP contribution in [0, 0.1) is 0 Å². The van der Waals surface area contributed by atoms with Crippen LogP contribution in [-0.4, -0.2) is 59.3 Å². The van der Waals surface area contributed by atoms with Gasteiger partial charge in [0.1, 0.15) is 5.60 Å². The van der Waals surface area contributed by atoms with Gasteiger partial charge in [0, 0.05) is 37.9 Å². The van der Waals surface area contributed by atoms with Crippen LogP contribution in [0.4, 0.5) is 4.79 Å². The van der Waals surface area contributed by atoms with Crippen molar-refractivity contribution in [2.45, 2.75) is 45.3 Å². The Hall–Kier alpha value is -2.41. The van der Waals surface area contributed by atoms with Crippen molar-refractivity contribution < 1.29 is 14.3 Å². The number of carbonyl (C=O) groups excluding carboxylic acids is 1. The van der Waals surface area contributed by atoms with E-state index in [0.717, 1.165) is 49.1 Å². The van der Waals surface area contributed by atoms with Gasteiger partial charge < -0.3 is 19.7 Å². The summed E-state index contributed by atoms with van der Waals surface area (Å²) in [6.45, 7) is 8.31. The Balaban J connectivity index is 1.55. The molecular formula is C20H28N4O3. The molecule has 0 spiro atoms. The van der Waals surface area contributed by atoms with E-state index in [-0.39, 0.29) is 12.1 Å². The predicted molar refractivity (Wildman–Crippen MR) is 104 cm³/mol. The summed E-state index contributed by atoms with van der Waals surface area (Å²) in [6, 6.07) is 5.90. The standard InChI is InChI=1S/C20H28N4O3/c1-20(2,3)27-19(25)22-15-9-12-24(13-15)11-8-14-7-10-21-16-5-6-17(26-4)23-18(14)16/h5-7,10,15H,8-9,11-13H2,1-4H3,(H,22,25). The van der Waals surface area contributed by atoms with E-state index < -0.39 is 5.60 Å². The molecule has 1 atom stereocenters. The summed E-state index contributed by atoms with van der Waals surface area (Å²) in [5, 5.41) is 2.97. The fraction of sp³-hybridized carbons (Fsp3) is 0.550. The van der Waals surface area contributed by atoms with E-state index in [1.54, 1.807) is 7.11 Å². The van der Waals surface area contributed by atoms with Crippen LogP contribution in [0.3, 0.4) is 0 Å². The number of hydrogen-bond donors (Lipinski definition) is 1. The van der Waals surface area contributed by atoms with Crippen molar-refractivity contribution in [3.8, 4) is 5.88 Å². The fourth-order valence-electron chi connectivity index (χ4n) is 3.28. The van der Waals surface area contributed by atoms with Crippen molar-refractivity contribution in [1.82, 2.24) is 20.2 Å². The molecule has 3 rings (SSSR count). The van der Waals surface area contributed by atoms with Crippen LogP contribution >= 0.6 is 0 Å². The number of nitrogens with zero attached hydrogens (tertiary/aromatic N) is 3. The smallest absolute Gasteiger partial charge is 0.407 e. The minimum Gasteiger partial charge on any atom is -0.481 e. The number of aromatic nitrogens is 2. The van der Waals surface area contributed by atoms with Crippen LogP contribution in [0.2, 0.25) is 0 Å². The van der Waals surface area contributed by atoms with Crippen LogP contribution in [-0.2, 0) is 11.2 Å². The molecule has 1 aliphatic heterocycles. The van der Waals surface area contributed by atoms with Crippen molar-refractivity contribution in [3.05, 3.63) is 30.0 Å². The Morgan fingerprint density at radius 3 is 2.89 bits per heavy atom. The third-order valence-corrected chi connectivity index (χ3v) is 4.54. The maximum Gasteiger partial charge on any atom is 0.407 e. The van der Waals surface area contributed by atoms with Crippen molar-refractivity contribution in [2.75, 3.05) is 26.7 Å². The summed E-state index contributed by atoms with van der Waals surface area (Å²) in [5.41, 5.74) is 2.44. The molecule has 1 amide bonds. The van der Waals surface area contributed by atoms with Crippen LogP contribution in [0.25, 0.3) is 11.0 Å². The minimum atomic E-state index is -0.473. The summed E-state index contributed by atoms with van der Waals surface area (Å²) in [6.07, 6.45) is 3.29. The van der Waals surface area contributed by atoms with Crippen LogP contribution in [0.15, 0.2) is 24.4 Å². The monoisotopic (exact) mass is 372 g/mol. The zero-order valence-corrected chi connectivity index (χ0v) is 16.5. The third-order valence-electron chi connectivity index (χ3n) is 4.54. The molecule has 2 aromatic heterocycles. The first-order chi connectivity index (χ1) is 12.8. The first kappa shape index (κ1) is 19.4. The SMILES string of the molecule is COc1ccc2nccc(CCN3CCC(NC(=O)OC(C)(C)C)C3)c2n1. The van der Waals surface area contributed by atoms with E-state index in [0.29, 0.717) is 5.88 Å². The molecule has 0 radical (unpaired) electrons. The van der Waals surface area contributed by atoms with Gasteiger partial charge in [-0.1, -0.05) is 0 Å². The van der Waals surface area contributed by atoms with Gasteiger partial charge in [-0.25, -0.2) is 9.78 Å². The molecule has 1 saturated heterocycles. The van der Waals surface area contributed by atoms with Gasteiger partial charge in [0.2, 0.25) is 5.88 Å². The number of hydrogen-bond acceptors (Lipinski definition) is 6. The van der Waals surface area contributed by atoms with E-state index in [2.05, 4.69) is 20.2 Å². The van der Waals surface area contributed by atoms with E-state index in [9.17, 15) is 4.79 Å². The lowest BCUT2D eigenvalue weighted by Gasteiger charge is -2.22. The van der Waals surface area contributed by atoms with Crippen molar-refractivity contribution >= 4 is 17.1 Å². The molecule has 7 heteroatoms. The first-order valence-corrected chi connectivity index (χ1v) is 9.34. The highest BCUT2D eigenvalue weighted by Crippen LogP contribution is 2.20.